The summed E-state index contributed by atoms with van der Waals surface area (Å²) in [5, 5.41) is 0. The van der Waals surface area contributed by atoms with Gasteiger partial charge in [-0.05, 0) is 48.0 Å². The molecule has 134 valence electrons. The summed E-state index contributed by atoms with van der Waals surface area (Å²) in [6.45, 7) is 15.0. The molecule has 0 aromatic heterocycles. The minimum absolute atomic E-state index is 0.154. The minimum atomic E-state index is -0.607. The molecular formula is C17H31NO5. The molecule has 0 aromatic rings. The van der Waals surface area contributed by atoms with Crippen molar-refractivity contribution < 1.29 is 23.8 Å². The smallest absolute Gasteiger partial charge is 0.410 e. The molecule has 0 aliphatic carbocycles. The lowest BCUT2D eigenvalue weighted by Gasteiger charge is -2.34. The summed E-state index contributed by atoms with van der Waals surface area (Å²) in [6, 6.07) is -0.483. The highest BCUT2D eigenvalue weighted by atomic mass is 16.6. The predicted molar refractivity (Wildman–Crippen MR) is 89.0 cm³/mol. The molecule has 0 aliphatic heterocycles. The third-order valence-electron chi connectivity index (χ3n) is 2.81. The van der Waals surface area contributed by atoms with Gasteiger partial charge in [0.2, 0.25) is 0 Å². The molecule has 0 saturated heterocycles. The average molecular weight is 329 g/mol. The molecule has 0 rings (SSSR count). The van der Waals surface area contributed by atoms with E-state index in [9.17, 15) is 9.59 Å². The second-order valence-corrected chi connectivity index (χ2v) is 7.40. The lowest BCUT2D eigenvalue weighted by Crippen LogP contribution is -2.43. The standard InChI is InChI=1S/C17H31NO5/c1-12(22-16(2,3)4)13(10-11-14(19)21-9)18(8)15(20)23-17(5,6)7/h13H,1,10-11H2,2-9H3. The first kappa shape index (κ1) is 21.3. The van der Waals surface area contributed by atoms with Gasteiger partial charge in [-0.3, -0.25) is 4.79 Å². The van der Waals surface area contributed by atoms with Gasteiger partial charge in [-0.15, -0.1) is 0 Å². The highest BCUT2D eigenvalue weighted by Crippen LogP contribution is 2.23. The fraction of sp³-hybridized carbons (Fsp3) is 0.765. The maximum atomic E-state index is 12.3. The Balaban J connectivity index is 5.12. The van der Waals surface area contributed by atoms with Crippen LogP contribution in [0.15, 0.2) is 12.3 Å². The Morgan fingerprint density at radius 1 is 1.04 bits per heavy atom. The Hall–Kier alpha value is -1.72. The van der Waals surface area contributed by atoms with E-state index >= 15 is 0 Å². The fourth-order valence-electron chi connectivity index (χ4n) is 1.85. The van der Waals surface area contributed by atoms with Crippen LogP contribution >= 0.6 is 0 Å². The van der Waals surface area contributed by atoms with Crippen molar-refractivity contribution in [3.8, 4) is 0 Å². The van der Waals surface area contributed by atoms with E-state index in [1.165, 1.54) is 12.0 Å². The Morgan fingerprint density at radius 2 is 1.52 bits per heavy atom. The van der Waals surface area contributed by atoms with Crippen LogP contribution in [-0.4, -0.2) is 48.4 Å². The van der Waals surface area contributed by atoms with Crippen molar-refractivity contribution in [2.45, 2.75) is 71.6 Å². The molecule has 0 aromatic carbocycles. The summed E-state index contributed by atoms with van der Waals surface area (Å²) in [4.78, 5) is 25.1. The highest BCUT2D eigenvalue weighted by molar-refractivity contribution is 5.70. The zero-order chi connectivity index (χ0) is 18.4. The van der Waals surface area contributed by atoms with Gasteiger partial charge < -0.3 is 19.1 Å². The van der Waals surface area contributed by atoms with Gasteiger partial charge in [0.25, 0.3) is 0 Å². The molecular weight excluding hydrogens is 298 g/mol. The van der Waals surface area contributed by atoms with E-state index in [0.717, 1.165) is 0 Å². The zero-order valence-corrected chi connectivity index (χ0v) is 15.7. The van der Waals surface area contributed by atoms with Crippen LogP contribution in [0.4, 0.5) is 4.79 Å². The number of carbonyl (C=O) groups is 2. The SMILES string of the molecule is C=C(OC(C)(C)C)C(CCC(=O)OC)N(C)C(=O)OC(C)(C)C. The van der Waals surface area contributed by atoms with E-state index in [2.05, 4.69) is 11.3 Å². The van der Waals surface area contributed by atoms with Crippen LogP contribution in [0.2, 0.25) is 0 Å². The van der Waals surface area contributed by atoms with E-state index in [-0.39, 0.29) is 12.4 Å². The number of nitrogens with zero attached hydrogens (tertiary/aromatic N) is 1. The molecule has 0 saturated carbocycles. The lowest BCUT2D eigenvalue weighted by molar-refractivity contribution is -0.141. The van der Waals surface area contributed by atoms with Crippen LogP contribution in [0.5, 0.6) is 0 Å². The van der Waals surface area contributed by atoms with Crippen LogP contribution in [0.1, 0.15) is 54.4 Å². The van der Waals surface area contributed by atoms with E-state index in [1.807, 2.05) is 20.8 Å². The van der Waals surface area contributed by atoms with Gasteiger partial charge >= 0.3 is 12.1 Å². The minimum Gasteiger partial charge on any atom is -0.491 e. The van der Waals surface area contributed by atoms with E-state index < -0.39 is 23.3 Å². The van der Waals surface area contributed by atoms with Gasteiger partial charge in [0.15, 0.2) is 0 Å². The lowest BCUT2D eigenvalue weighted by atomic mass is 10.1. The number of hydrogen-bond donors (Lipinski definition) is 0. The molecule has 0 radical (unpaired) electrons. The van der Waals surface area contributed by atoms with Gasteiger partial charge in [-0.25, -0.2) is 4.79 Å². The van der Waals surface area contributed by atoms with E-state index in [1.54, 1.807) is 27.8 Å². The summed E-state index contributed by atoms with van der Waals surface area (Å²) < 4.78 is 15.8. The topological polar surface area (TPSA) is 65.1 Å². The van der Waals surface area contributed by atoms with Gasteiger partial charge in [0, 0.05) is 13.5 Å². The van der Waals surface area contributed by atoms with Crippen molar-refractivity contribution in [1.29, 1.82) is 0 Å². The Morgan fingerprint density at radius 3 is 1.91 bits per heavy atom. The molecule has 1 unspecified atom stereocenters. The summed E-state index contributed by atoms with van der Waals surface area (Å²) in [5.74, 6) is 0.0610. The van der Waals surface area contributed by atoms with E-state index in [4.69, 9.17) is 9.47 Å². The van der Waals surface area contributed by atoms with Crippen LogP contribution < -0.4 is 0 Å². The number of rotatable bonds is 6. The van der Waals surface area contributed by atoms with Crippen molar-refractivity contribution in [3.63, 3.8) is 0 Å². The van der Waals surface area contributed by atoms with Crippen LogP contribution in [0.25, 0.3) is 0 Å². The summed E-state index contributed by atoms with van der Waals surface area (Å²) in [7, 11) is 2.93. The number of amides is 1. The van der Waals surface area contributed by atoms with Crippen molar-refractivity contribution in [1.82, 2.24) is 4.90 Å². The molecule has 23 heavy (non-hydrogen) atoms. The predicted octanol–water partition coefficient (Wildman–Crippen LogP) is 3.50. The monoisotopic (exact) mass is 329 g/mol. The van der Waals surface area contributed by atoms with Crippen LogP contribution in [0, 0.1) is 0 Å². The first-order valence-corrected chi connectivity index (χ1v) is 7.67. The van der Waals surface area contributed by atoms with Gasteiger partial charge in [0.05, 0.1) is 13.2 Å². The summed E-state index contributed by atoms with van der Waals surface area (Å²) in [6.07, 6.45) is 0.00375. The maximum absolute atomic E-state index is 12.3. The summed E-state index contributed by atoms with van der Waals surface area (Å²) in [5.41, 5.74) is -1.06. The van der Waals surface area contributed by atoms with E-state index in [0.29, 0.717) is 12.2 Å². The molecule has 0 bridgehead atoms. The third kappa shape index (κ3) is 9.11. The Bertz CT molecular complexity index is 431. The van der Waals surface area contributed by atoms with Gasteiger partial charge in [-0.1, -0.05) is 6.58 Å². The number of hydrogen-bond acceptors (Lipinski definition) is 5. The Kier molecular flexibility index (Phi) is 7.61. The second kappa shape index (κ2) is 8.22. The Labute approximate surface area is 139 Å². The normalized spacial score (nSPS) is 13.0. The molecule has 0 heterocycles. The van der Waals surface area contributed by atoms with Crippen molar-refractivity contribution in [3.05, 3.63) is 12.3 Å². The average Bonchev–Trinajstić information content (AvgIpc) is 2.34. The molecule has 0 aliphatic rings. The molecule has 6 nitrogen and oxygen atoms in total. The molecule has 1 amide bonds. The molecule has 6 heteroatoms. The first-order valence-electron chi connectivity index (χ1n) is 7.67. The second-order valence-electron chi connectivity index (χ2n) is 7.40. The number of esters is 1. The highest BCUT2D eigenvalue weighted by Gasteiger charge is 2.30. The van der Waals surface area contributed by atoms with Gasteiger partial charge in [0.1, 0.15) is 17.0 Å². The molecule has 0 fully saturated rings. The van der Waals surface area contributed by atoms with Crippen LogP contribution in [-0.2, 0) is 19.0 Å². The largest absolute Gasteiger partial charge is 0.491 e. The zero-order valence-electron chi connectivity index (χ0n) is 15.7. The van der Waals surface area contributed by atoms with Crippen molar-refractivity contribution in [2.75, 3.05) is 14.2 Å². The quantitative estimate of drug-likeness (QED) is 0.551. The molecule has 1 atom stereocenters. The maximum Gasteiger partial charge on any atom is 0.410 e. The summed E-state index contributed by atoms with van der Waals surface area (Å²) >= 11 is 0. The number of ether oxygens (including phenoxy) is 3. The number of methoxy groups -OCH3 is 1. The molecule has 0 spiro atoms. The van der Waals surface area contributed by atoms with Crippen LogP contribution in [0.3, 0.4) is 0 Å². The van der Waals surface area contributed by atoms with Gasteiger partial charge in [-0.2, -0.15) is 0 Å². The number of likely N-dealkylation sites (N-methyl/N-ethyl adjacent to an activating group) is 1. The third-order valence-corrected chi connectivity index (χ3v) is 2.81. The first-order chi connectivity index (χ1) is 10.3. The number of carbonyl (C=O) groups excluding carboxylic acids is 2. The van der Waals surface area contributed by atoms with Crippen molar-refractivity contribution >= 4 is 12.1 Å². The molecule has 0 N–H and O–H groups in total. The van der Waals surface area contributed by atoms with Crippen molar-refractivity contribution in [2.24, 2.45) is 0 Å². The fourth-order valence-corrected chi connectivity index (χ4v) is 1.85.